The van der Waals surface area contributed by atoms with Gasteiger partial charge in [0, 0.05) is 30.8 Å². The van der Waals surface area contributed by atoms with Crippen LogP contribution in [0.2, 0.25) is 0 Å². The smallest absolute Gasteiger partial charge is 0.349 e. The lowest BCUT2D eigenvalue weighted by Gasteiger charge is -2.17. The van der Waals surface area contributed by atoms with Crippen molar-refractivity contribution in [2.24, 2.45) is 0 Å². The SMILES string of the molecule is Cc1nc(-c2ccc(C(F)(F)F)cc2)sc1C(=O)N(C)Cc1ccc(C(=O)NC2CC2)cc1. The maximum Gasteiger partial charge on any atom is 0.416 e. The third-order valence-corrected chi connectivity index (χ3v) is 6.54. The first-order chi connectivity index (χ1) is 15.6. The summed E-state index contributed by atoms with van der Waals surface area (Å²) in [5.41, 5.74) is 1.78. The van der Waals surface area contributed by atoms with Crippen LogP contribution in [0.15, 0.2) is 48.5 Å². The molecular formula is C24H22F3N3O2S. The summed E-state index contributed by atoms with van der Waals surface area (Å²) in [5.74, 6) is -0.316. The lowest BCUT2D eigenvalue weighted by molar-refractivity contribution is -0.137. The lowest BCUT2D eigenvalue weighted by Crippen LogP contribution is -2.26. The highest BCUT2D eigenvalue weighted by Gasteiger charge is 2.30. The fraction of sp³-hybridized carbons (Fsp3) is 0.292. The fourth-order valence-corrected chi connectivity index (χ4v) is 4.36. The summed E-state index contributed by atoms with van der Waals surface area (Å²) in [6.45, 7) is 2.05. The van der Waals surface area contributed by atoms with Crippen LogP contribution in [0.3, 0.4) is 0 Å². The number of aromatic nitrogens is 1. The van der Waals surface area contributed by atoms with Gasteiger partial charge < -0.3 is 10.2 Å². The molecule has 1 fully saturated rings. The van der Waals surface area contributed by atoms with Crippen molar-refractivity contribution in [1.82, 2.24) is 15.2 Å². The molecule has 0 radical (unpaired) electrons. The highest BCUT2D eigenvalue weighted by molar-refractivity contribution is 7.17. The Balaban J connectivity index is 1.43. The van der Waals surface area contributed by atoms with Crippen molar-refractivity contribution in [3.8, 4) is 10.6 Å². The monoisotopic (exact) mass is 473 g/mol. The molecule has 0 aliphatic heterocycles. The van der Waals surface area contributed by atoms with E-state index in [0.717, 1.165) is 41.9 Å². The first-order valence-electron chi connectivity index (χ1n) is 10.4. The second kappa shape index (κ2) is 8.97. The molecule has 9 heteroatoms. The molecule has 4 rings (SSSR count). The topological polar surface area (TPSA) is 62.3 Å². The fourth-order valence-electron chi connectivity index (χ4n) is 3.30. The minimum absolute atomic E-state index is 0.0930. The summed E-state index contributed by atoms with van der Waals surface area (Å²) in [4.78, 5) is 31.5. The molecule has 1 heterocycles. The van der Waals surface area contributed by atoms with Gasteiger partial charge in [0.15, 0.2) is 0 Å². The number of rotatable bonds is 6. The molecule has 0 saturated heterocycles. The number of nitrogens with one attached hydrogen (secondary N) is 1. The van der Waals surface area contributed by atoms with E-state index >= 15 is 0 Å². The average molecular weight is 474 g/mol. The van der Waals surface area contributed by atoms with E-state index in [0.29, 0.717) is 33.3 Å². The summed E-state index contributed by atoms with van der Waals surface area (Å²) in [6.07, 6.45) is -2.36. The Morgan fingerprint density at radius 2 is 1.73 bits per heavy atom. The number of alkyl halides is 3. The number of hydrogen-bond donors (Lipinski definition) is 1. The van der Waals surface area contributed by atoms with Gasteiger partial charge in [-0.1, -0.05) is 24.3 Å². The molecule has 0 spiro atoms. The molecular weight excluding hydrogens is 451 g/mol. The quantitative estimate of drug-likeness (QED) is 0.528. The molecule has 33 heavy (non-hydrogen) atoms. The summed E-state index contributed by atoms with van der Waals surface area (Å²) in [7, 11) is 1.67. The zero-order valence-electron chi connectivity index (χ0n) is 18.1. The van der Waals surface area contributed by atoms with E-state index in [-0.39, 0.29) is 17.9 Å². The third-order valence-electron chi connectivity index (χ3n) is 5.35. The largest absolute Gasteiger partial charge is 0.416 e. The molecule has 1 aliphatic rings. The molecule has 3 aromatic rings. The first-order valence-corrected chi connectivity index (χ1v) is 11.2. The summed E-state index contributed by atoms with van der Waals surface area (Å²) in [5, 5.41) is 3.43. The van der Waals surface area contributed by atoms with Crippen molar-refractivity contribution in [3.63, 3.8) is 0 Å². The van der Waals surface area contributed by atoms with Crippen molar-refractivity contribution < 1.29 is 22.8 Å². The number of thiazole rings is 1. The number of carbonyl (C=O) groups excluding carboxylic acids is 2. The van der Waals surface area contributed by atoms with Crippen molar-refractivity contribution >= 4 is 23.2 Å². The predicted octanol–water partition coefficient (Wildman–Crippen LogP) is 5.30. The van der Waals surface area contributed by atoms with E-state index in [1.54, 1.807) is 31.0 Å². The van der Waals surface area contributed by atoms with Gasteiger partial charge in [0.05, 0.1) is 11.3 Å². The minimum atomic E-state index is -4.40. The van der Waals surface area contributed by atoms with Gasteiger partial charge in [-0.15, -0.1) is 11.3 Å². The van der Waals surface area contributed by atoms with Crippen molar-refractivity contribution in [2.45, 2.75) is 38.5 Å². The molecule has 0 unspecified atom stereocenters. The number of aryl methyl sites for hydroxylation is 1. The Morgan fingerprint density at radius 1 is 1.09 bits per heavy atom. The van der Waals surface area contributed by atoms with E-state index in [2.05, 4.69) is 10.3 Å². The maximum atomic E-state index is 13.0. The van der Waals surface area contributed by atoms with Gasteiger partial charge in [0.25, 0.3) is 11.8 Å². The van der Waals surface area contributed by atoms with Gasteiger partial charge in [0.2, 0.25) is 0 Å². The van der Waals surface area contributed by atoms with Gasteiger partial charge >= 0.3 is 6.18 Å². The number of hydrogen-bond acceptors (Lipinski definition) is 4. The third kappa shape index (κ3) is 5.42. The van der Waals surface area contributed by atoms with Crippen LogP contribution in [-0.2, 0) is 12.7 Å². The highest BCUT2D eigenvalue weighted by Crippen LogP contribution is 2.33. The zero-order chi connectivity index (χ0) is 23.8. The Bertz CT molecular complexity index is 1170. The van der Waals surface area contributed by atoms with Crippen LogP contribution in [-0.4, -0.2) is 34.8 Å². The predicted molar refractivity (Wildman–Crippen MR) is 120 cm³/mol. The second-order valence-corrected chi connectivity index (χ2v) is 9.11. The normalized spacial score (nSPS) is 13.6. The summed E-state index contributed by atoms with van der Waals surface area (Å²) in [6, 6.07) is 12.1. The Labute approximate surface area is 193 Å². The van der Waals surface area contributed by atoms with E-state index in [9.17, 15) is 22.8 Å². The molecule has 0 bridgehead atoms. The Hall–Kier alpha value is -3.20. The molecule has 1 aliphatic carbocycles. The molecule has 0 atom stereocenters. The van der Waals surface area contributed by atoms with Crippen molar-refractivity contribution in [3.05, 3.63) is 75.8 Å². The van der Waals surface area contributed by atoms with Gasteiger partial charge in [-0.25, -0.2) is 4.98 Å². The first kappa shape index (κ1) is 23.0. The van der Waals surface area contributed by atoms with Crippen LogP contribution in [0.25, 0.3) is 10.6 Å². The molecule has 1 N–H and O–H groups in total. The standard InChI is InChI=1S/C24H22F3N3O2S/c1-14-20(33-22(28-14)17-7-9-18(10-8-17)24(25,26)27)23(32)30(2)13-15-3-5-16(6-4-15)21(31)29-19-11-12-19/h3-10,19H,11-13H2,1-2H3,(H,29,31). The number of halogens is 3. The minimum Gasteiger partial charge on any atom is -0.349 e. The molecule has 2 amide bonds. The second-order valence-electron chi connectivity index (χ2n) is 8.11. The molecule has 5 nitrogen and oxygen atoms in total. The number of benzene rings is 2. The Morgan fingerprint density at radius 3 is 2.30 bits per heavy atom. The summed E-state index contributed by atoms with van der Waals surface area (Å²) < 4.78 is 38.4. The van der Waals surface area contributed by atoms with Crippen LogP contribution in [0.1, 0.15) is 49.7 Å². The van der Waals surface area contributed by atoms with Gasteiger partial charge in [-0.2, -0.15) is 13.2 Å². The van der Waals surface area contributed by atoms with E-state index < -0.39 is 11.7 Å². The van der Waals surface area contributed by atoms with Gasteiger partial charge in [-0.3, -0.25) is 9.59 Å². The van der Waals surface area contributed by atoms with E-state index in [1.165, 1.54) is 12.1 Å². The lowest BCUT2D eigenvalue weighted by atomic mass is 10.1. The van der Waals surface area contributed by atoms with Crippen LogP contribution in [0, 0.1) is 6.92 Å². The van der Waals surface area contributed by atoms with Crippen molar-refractivity contribution in [1.29, 1.82) is 0 Å². The Kier molecular flexibility index (Phi) is 6.25. The van der Waals surface area contributed by atoms with Crippen LogP contribution >= 0.6 is 11.3 Å². The zero-order valence-corrected chi connectivity index (χ0v) is 18.9. The molecule has 172 valence electrons. The maximum absolute atomic E-state index is 13.0. The number of carbonyl (C=O) groups is 2. The van der Waals surface area contributed by atoms with Crippen LogP contribution in [0.5, 0.6) is 0 Å². The highest BCUT2D eigenvalue weighted by atomic mass is 32.1. The molecule has 2 aromatic carbocycles. The van der Waals surface area contributed by atoms with Crippen molar-refractivity contribution in [2.75, 3.05) is 7.05 Å². The number of amides is 2. The molecule has 1 saturated carbocycles. The summed E-state index contributed by atoms with van der Waals surface area (Å²) >= 11 is 1.15. The van der Waals surface area contributed by atoms with Crippen LogP contribution < -0.4 is 5.32 Å². The van der Waals surface area contributed by atoms with Gasteiger partial charge in [-0.05, 0) is 49.6 Å². The van der Waals surface area contributed by atoms with E-state index in [1.807, 2.05) is 12.1 Å². The van der Waals surface area contributed by atoms with Gasteiger partial charge in [0.1, 0.15) is 9.88 Å². The van der Waals surface area contributed by atoms with Crippen LogP contribution in [0.4, 0.5) is 13.2 Å². The number of nitrogens with zero attached hydrogens (tertiary/aromatic N) is 2. The molecule has 1 aromatic heterocycles. The average Bonchev–Trinajstić information content (AvgIpc) is 3.51. The van der Waals surface area contributed by atoms with E-state index in [4.69, 9.17) is 0 Å².